The SMILES string of the molecule is O=C(/C=C/C(=O)OCCCS(=O)(=O)CO)OCCCS(=O)(=O)O. The summed E-state index contributed by atoms with van der Waals surface area (Å²) in [5.74, 6) is -3.66. The molecule has 0 aliphatic carbocycles. The van der Waals surface area contributed by atoms with Crippen LogP contribution in [-0.4, -0.2) is 69.1 Å². The van der Waals surface area contributed by atoms with Gasteiger partial charge in [0, 0.05) is 12.2 Å². The number of aliphatic hydroxyl groups is 1. The molecule has 12 heteroatoms. The van der Waals surface area contributed by atoms with Crippen molar-refractivity contribution >= 4 is 31.9 Å². The number of esters is 2. The lowest BCUT2D eigenvalue weighted by atomic mass is 10.5. The second-order valence-electron chi connectivity index (χ2n) is 4.24. The molecule has 10 nitrogen and oxygen atoms in total. The second-order valence-corrected chi connectivity index (χ2v) is 7.96. The molecule has 0 aliphatic rings. The summed E-state index contributed by atoms with van der Waals surface area (Å²) >= 11 is 0. The van der Waals surface area contributed by atoms with Crippen molar-refractivity contribution in [3.8, 4) is 0 Å². The molecule has 0 radical (unpaired) electrons. The van der Waals surface area contributed by atoms with Crippen molar-refractivity contribution in [3.05, 3.63) is 12.2 Å². The molecule has 0 bridgehead atoms. The normalized spacial score (nSPS) is 12.3. The molecule has 0 atom stereocenters. The predicted octanol–water partition coefficient (Wildman–Crippen LogP) is -1.34. The summed E-state index contributed by atoms with van der Waals surface area (Å²) in [6.07, 6.45) is 1.44. The molecule has 0 saturated carbocycles. The van der Waals surface area contributed by atoms with Gasteiger partial charge in [-0.2, -0.15) is 8.42 Å². The van der Waals surface area contributed by atoms with Gasteiger partial charge in [-0.25, -0.2) is 18.0 Å². The van der Waals surface area contributed by atoms with Crippen LogP contribution in [0.4, 0.5) is 0 Å². The lowest BCUT2D eigenvalue weighted by Crippen LogP contribution is -2.13. The van der Waals surface area contributed by atoms with Crippen LogP contribution in [0, 0.1) is 0 Å². The topological polar surface area (TPSA) is 161 Å². The molecule has 0 fully saturated rings. The van der Waals surface area contributed by atoms with Gasteiger partial charge in [-0.3, -0.25) is 4.55 Å². The Balaban J connectivity index is 3.88. The summed E-state index contributed by atoms with van der Waals surface area (Å²) in [4.78, 5) is 22.3. The minimum absolute atomic E-state index is 0.00253. The van der Waals surface area contributed by atoms with Gasteiger partial charge in [-0.15, -0.1) is 0 Å². The molecule has 0 saturated heterocycles. The third-order valence-corrected chi connectivity index (χ3v) is 4.30. The number of aliphatic hydroxyl groups excluding tert-OH is 1. The number of ether oxygens (including phenoxy) is 2. The summed E-state index contributed by atoms with van der Waals surface area (Å²) in [7, 11) is -7.67. The Morgan fingerprint density at radius 2 is 1.30 bits per heavy atom. The molecule has 0 rings (SSSR count). The first-order chi connectivity index (χ1) is 10.6. The Kier molecular flexibility index (Phi) is 9.64. The maximum Gasteiger partial charge on any atom is 0.331 e. The standard InChI is InChI=1S/C11H18O10S2/c12-9-22(15,16)7-1-5-20-10(13)3-4-11(14)21-6-2-8-23(17,18)19/h3-4,12H,1-2,5-9H2,(H,17,18,19)/b4-3+. The van der Waals surface area contributed by atoms with Crippen molar-refractivity contribution in [1.29, 1.82) is 0 Å². The van der Waals surface area contributed by atoms with Gasteiger partial charge in [0.2, 0.25) is 0 Å². The zero-order valence-electron chi connectivity index (χ0n) is 12.1. The van der Waals surface area contributed by atoms with E-state index in [0.29, 0.717) is 0 Å². The van der Waals surface area contributed by atoms with E-state index in [1.54, 1.807) is 0 Å². The fourth-order valence-corrected chi connectivity index (χ4v) is 2.33. The molecule has 2 N–H and O–H groups in total. The molecule has 134 valence electrons. The van der Waals surface area contributed by atoms with Crippen LogP contribution in [0.5, 0.6) is 0 Å². The third kappa shape index (κ3) is 13.9. The van der Waals surface area contributed by atoms with Crippen LogP contribution < -0.4 is 0 Å². The number of carbonyl (C=O) groups excluding carboxylic acids is 2. The molecular formula is C11H18O10S2. The highest BCUT2D eigenvalue weighted by Gasteiger charge is 2.09. The molecule has 23 heavy (non-hydrogen) atoms. The summed E-state index contributed by atoms with van der Waals surface area (Å²) in [6, 6.07) is 0. The smallest absolute Gasteiger partial charge is 0.331 e. The van der Waals surface area contributed by atoms with E-state index in [-0.39, 0.29) is 31.8 Å². The molecule has 0 spiro atoms. The lowest BCUT2D eigenvalue weighted by molar-refractivity contribution is -0.140. The van der Waals surface area contributed by atoms with Crippen molar-refractivity contribution in [3.63, 3.8) is 0 Å². The van der Waals surface area contributed by atoms with Crippen molar-refractivity contribution in [2.75, 3.05) is 30.7 Å². The van der Waals surface area contributed by atoms with Crippen LogP contribution in [0.15, 0.2) is 12.2 Å². The van der Waals surface area contributed by atoms with Crippen molar-refractivity contribution in [2.24, 2.45) is 0 Å². The van der Waals surface area contributed by atoms with E-state index in [2.05, 4.69) is 9.47 Å². The predicted molar refractivity (Wildman–Crippen MR) is 77.6 cm³/mol. The molecule has 0 aliphatic heterocycles. The maximum atomic E-state index is 11.2. The van der Waals surface area contributed by atoms with Crippen LogP contribution >= 0.6 is 0 Å². The van der Waals surface area contributed by atoms with Crippen LogP contribution in [0.25, 0.3) is 0 Å². The first-order valence-electron chi connectivity index (χ1n) is 6.34. The van der Waals surface area contributed by atoms with Crippen LogP contribution in [0.3, 0.4) is 0 Å². The second kappa shape index (κ2) is 10.3. The monoisotopic (exact) mass is 374 g/mol. The van der Waals surface area contributed by atoms with E-state index in [0.717, 1.165) is 12.2 Å². The third-order valence-electron chi connectivity index (χ3n) is 2.19. The summed E-state index contributed by atoms with van der Waals surface area (Å²) in [6.45, 7) is -0.456. The highest BCUT2D eigenvalue weighted by Crippen LogP contribution is 1.95. The first kappa shape index (κ1) is 21.5. The average Bonchev–Trinajstić information content (AvgIpc) is 2.45. The summed E-state index contributed by atoms with van der Waals surface area (Å²) < 4.78 is 60.2. The van der Waals surface area contributed by atoms with Gasteiger partial charge in [0.25, 0.3) is 10.1 Å². The number of rotatable bonds is 11. The van der Waals surface area contributed by atoms with Gasteiger partial charge in [0.05, 0.1) is 24.7 Å². The Morgan fingerprint density at radius 1 is 0.870 bits per heavy atom. The highest BCUT2D eigenvalue weighted by molar-refractivity contribution is 7.91. The van der Waals surface area contributed by atoms with E-state index in [1.807, 2.05) is 0 Å². The van der Waals surface area contributed by atoms with E-state index in [9.17, 15) is 26.4 Å². The zero-order valence-corrected chi connectivity index (χ0v) is 13.7. The lowest BCUT2D eigenvalue weighted by Gasteiger charge is -2.02. The molecule has 0 unspecified atom stereocenters. The van der Waals surface area contributed by atoms with Crippen LogP contribution in [-0.2, 0) is 39.0 Å². The molecule has 0 aromatic heterocycles. The Morgan fingerprint density at radius 3 is 1.70 bits per heavy atom. The fourth-order valence-electron chi connectivity index (χ4n) is 1.16. The minimum atomic E-state index is -4.12. The van der Waals surface area contributed by atoms with Gasteiger partial charge < -0.3 is 14.6 Å². The number of hydrogen-bond donors (Lipinski definition) is 2. The van der Waals surface area contributed by atoms with E-state index in [4.69, 9.17) is 9.66 Å². The minimum Gasteiger partial charge on any atom is -0.462 e. The summed E-state index contributed by atoms with van der Waals surface area (Å²) in [5, 5.41) is 8.48. The highest BCUT2D eigenvalue weighted by atomic mass is 32.2. The molecular weight excluding hydrogens is 356 g/mol. The van der Waals surface area contributed by atoms with E-state index >= 15 is 0 Å². The van der Waals surface area contributed by atoms with Crippen molar-refractivity contribution < 1.29 is 45.6 Å². The van der Waals surface area contributed by atoms with Crippen molar-refractivity contribution in [1.82, 2.24) is 0 Å². The van der Waals surface area contributed by atoms with Gasteiger partial charge in [-0.05, 0) is 12.8 Å². The fraction of sp³-hybridized carbons (Fsp3) is 0.636. The van der Waals surface area contributed by atoms with E-state index < -0.39 is 43.6 Å². The Labute approximate surface area is 133 Å². The van der Waals surface area contributed by atoms with Gasteiger partial charge in [0.1, 0.15) is 5.94 Å². The molecule has 0 heterocycles. The van der Waals surface area contributed by atoms with Gasteiger partial charge >= 0.3 is 11.9 Å². The number of sulfone groups is 1. The van der Waals surface area contributed by atoms with E-state index in [1.165, 1.54) is 0 Å². The Hall–Kier alpha value is -1.50. The molecule has 0 aromatic rings. The van der Waals surface area contributed by atoms with Gasteiger partial charge in [-0.1, -0.05) is 0 Å². The molecule has 0 aromatic carbocycles. The van der Waals surface area contributed by atoms with Crippen LogP contribution in [0.1, 0.15) is 12.8 Å². The summed E-state index contributed by atoms with van der Waals surface area (Å²) in [5.41, 5.74) is 0. The Bertz CT molecular complexity index is 617. The van der Waals surface area contributed by atoms with Crippen LogP contribution in [0.2, 0.25) is 0 Å². The largest absolute Gasteiger partial charge is 0.462 e. The van der Waals surface area contributed by atoms with Gasteiger partial charge in [0.15, 0.2) is 9.84 Å². The maximum absolute atomic E-state index is 11.2. The average molecular weight is 374 g/mol. The number of carbonyl (C=O) groups is 2. The van der Waals surface area contributed by atoms with Crippen molar-refractivity contribution in [2.45, 2.75) is 12.8 Å². The molecule has 0 amide bonds. The first-order valence-corrected chi connectivity index (χ1v) is 9.77. The number of hydrogen-bond acceptors (Lipinski definition) is 9. The quantitative estimate of drug-likeness (QED) is 0.192. The zero-order chi connectivity index (χ0) is 17.9.